The monoisotopic (exact) mass is 1720 g/mol. The molecule has 0 unspecified atom stereocenters. The number of anilines is 4. The first kappa shape index (κ1) is 82.3. The van der Waals surface area contributed by atoms with Crippen LogP contribution in [0.15, 0.2) is 136 Å². The minimum absolute atomic E-state index is 0.150. The highest BCUT2D eigenvalue weighted by atomic mass is 32.2. The fourth-order valence-electron chi connectivity index (χ4n) is 17.5. The number of hydrogen-bond donors (Lipinski definition) is 8. The van der Waals surface area contributed by atoms with Gasteiger partial charge in [-0.3, -0.25) is 9.36 Å². The lowest BCUT2D eigenvalue weighted by molar-refractivity contribution is 0.255. The molecule has 0 atom stereocenters. The molecule has 628 valence electrons. The van der Waals surface area contributed by atoms with Crippen LogP contribution in [-0.2, 0) is 170 Å². The van der Waals surface area contributed by atoms with E-state index in [0.29, 0.717) is 24.0 Å². The third-order valence-corrected chi connectivity index (χ3v) is 28.9. The maximum absolute atomic E-state index is 12.8. The van der Waals surface area contributed by atoms with E-state index in [1.165, 1.54) is 111 Å². The Morgan fingerprint density at radius 1 is 0.408 bits per heavy atom. The summed E-state index contributed by atoms with van der Waals surface area (Å²) in [6.45, 7) is 3.76. The second-order valence-electron chi connectivity index (χ2n) is 31.1. The van der Waals surface area contributed by atoms with E-state index < -0.39 is 64.2 Å². The van der Waals surface area contributed by atoms with Gasteiger partial charge >= 0.3 is 24.1 Å². The third-order valence-electron chi connectivity index (χ3n) is 23.3. The van der Waals surface area contributed by atoms with E-state index in [4.69, 9.17) is 0 Å². The number of carbonyl (C=O) groups is 4. The number of hydrogen-bond acceptors (Lipinski definition) is 21. The number of rotatable bonds is 19. The molecule has 8 amide bonds. The summed E-state index contributed by atoms with van der Waals surface area (Å²) in [5, 5.41) is 29.1. The van der Waals surface area contributed by atoms with Gasteiger partial charge in [0.15, 0.2) is 25.9 Å². The number of sulfonamides is 4. The number of benzene rings is 4. The molecule has 0 aliphatic heterocycles. The van der Waals surface area contributed by atoms with Crippen LogP contribution in [0.5, 0.6) is 0 Å². The third kappa shape index (κ3) is 17.8. The van der Waals surface area contributed by atoms with Gasteiger partial charge in [-0.2, -0.15) is 54.1 Å². The van der Waals surface area contributed by atoms with E-state index in [-0.39, 0.29) is 20.1 Å². The quantitative estimate of drug-likeness (QED) is 0.0373. The molecule has 8 aliphatic rings. The largest absolute Gasteiger partial charge is 0.336 e. The number of aromatic nitrogens is 12. The van der Waals surface area contributed by atoms with Crippen LogP contribution in [0.4, 0.5) is 41.9 Å². The first-order chi connectivity index (χ1) is 57.7. The highest BCUT2D eigenvalue weighted by Crippen LogP contribution is 2.43. The lowest BCUT2D eigenvalue weighted by Gasteiger charge is -2.16. The van der Waals surface area contributed by atoms with Crippen molar-refractivity contribution in [2.24, 2.45) is 14.1 Å². The number of aryl methyl sites for hydroxylation is 10. The van der Waals surface area contributed by atoms with Crippen molar-refractivity contribution in [1.29, 1.82) is 0 Å². The summed E-state index contributed by atoms with van der Waals surface area (Å²) in [6, 6.07) is 16.8. The van der Waals surface area contributed by atoms with E-state index >= 15 is 0 Å². The van der Waals surface area contributed by atoms with Gasteiger partial charge in [-0.1, -0.05) is 37.3 Å². The molecule has 11 aromatic rings. The Morgan fingerprint density at radius 3 is 1.14 bits per heavy atom. The average Bonchev–Trinajstić information content (AvgIpc) is 1.64. The van der Waals surface area contributed by atoms with Crippen LogP contribution in [0, 0.1) is 0 Å². The zero-order chi connectivity index (χ0) is 83.8. The second-order valence-corrected chi connectivity index (χ2v) is 38.5. The first-order valence-corrected chi connectivity index (χ1v) is 47.2. The summed E-state index contributed by atoms with van der Waals surface area (Å²) in [5.74, 6) is 1.23. The molecule has 7 aromatic heterocycles. The molecule has 0 radical (unpaired) electrons. The number of urea groups is 4. The number of thiazole rings is 1. The normalized spacial score (nSPS) is 15.1. The van der Waals surface area contributed by atoms with Crippen LogP contribution in [0.2, 0.25) is 0 Å². The molecule has 7 heterocycles. The molecular formula is C82H93N21O12S5. The van der Waals surface area contributed by atoms with Crippen molar-refractivity contribution in [3.8, 4) is 10.9 Å². The Labute approximate surface area is 699 Å². The highest BCUT2D eigenvalue weighted by Gasteiger charge is 2.34. The molecule has 8 aliphatic carbocycles. The summed E-state index contributed by atoms with van der Waals surface area (Å²) in [4.78, 5) is 65.0. The van der Waals surface area contributed by atoms with Crippen LogP contribution in [0.3, 0.4) is 0 Å². The van der Waals surface area contributed by atoms with Gasteiger partial charge in [-0.25, -0.2) is 62.4 Å². The second kappa shape index (κ2) is 34.3. The van der Waals surface area contributed by atoms with Gasteiger partial charge in [0.05, 0.1) is 12.2 Å². The van der Waals surface area contributed by atoms with Gasteiger partial charge in [0.1, 0.15) is 5.82 Å². The molecule has 19 rings (SSSR count). The average molecular weight is 1730 g/mol. The molecule has 0 fully saturated rings. The fraction of sp³-hybridized carbons (Fsp3) is 0.378. The Bertz CT molecular complexity index is 6180. The number of nitrogens with zero attached hydrogens (tertiary/aromatic N) is 13. The van der Waals surface area contributed by atoms with Gasteiger partial charge in [0.2, 0.25) is 5.13 Å². The van der Waals surface area contributed by atoms with E-state index in [9.17, 15) is 52.8 Å². The van der Waals surface area contributed by atoms with E-state index in [1.807, 2.05) is 30.5 Å². The lowest BCUT2D eigenvalue weighted by atomic mass is 9.99. The van der Waals surface area contributed by atoms with Crippen molar-refractivity contribution in [3.63, 3.8) is 0 Å². The number of amides is 8. The molecule has 4 aromatic carbocycles. The maximum atomic E-state index is 12.8. The van der Waals surface area contributed by atoms with Crippen LogP contribution in [0.1, 0.15) is 159 Å². The fourth-order valence-corrected chi connectivity index (χ4v) is 21.5. The minimum atomic E-state index is -4.12. The van der Waals surface area contributed by atoms with Gasteiger partial charge in [0, 0.05) is 98.2 Å². The predicted molar refractivity (Wildman–Crippen MR) is 450 cm³/mol. The Hall–Kier alpha value is -11.5. The summed E-state index contributed by atoms with van der Waals surface area (Å²) in [7, 11) is -10.9. The minimum Gasteiger partial charge on any atom is -0.336 e. The number of fused-ring (bicyclic) bond motifs is 8. The zero-order valence-corrected chi connectivity index (χ0v) is 70.9. The van der Waals surface area contributed by atoms with Gasteiger partial charge in [-0.05, 0) is 287 Å². The van der Waals surface area contributed by atoms with Crippen molar-refractivity contribution in [3.05, 3.63) is 216 Å². The Balaban J connectivity index is 0.000000119. The van der Waals surface area contributed by atoms with Crippen molar-refractivity contribution in [1.82, 2.24) is 82.4 Å². The van der Waals surface area contributed by atoms with Gasteiger partial charge in [-0.15, -0.1) is 11.3 Å². The van der Waals surface area contributed by atoms with Crippen LogP contribution < -0.4 is 40.2 Å². The zero-order valence-electron chi connectivity index (χ0n) is 66.8. The summed E-state index contributed by atoms with van der Waals surface area (Å²) in [6.07, 6.45) is 35.0. The number of nitrogens with one attached hydrogen (secondary N) is 8. The Kier molecular flexibility index (Phi) is 23.5. The number of pyridine rings is 1. The van der Waals surface area contributed by atoms with Gasteiger partial charge in [0.25, 0.3) is 40.1 Å². The predicted octanol–water partition coefficient (Wildman–Crippen LogP) is 10.1. The molecule has 0 bridgehead atoms. The topological polar surface area (TPSA) is 419 Å². The smallest absolute Gasteiger partial charge is 0.333 e. The summed E-state index contributed by atoms with van der Waals surface area (Å²) < 4.78 is 118. The number of carbonyl (C=O) groups excluding carboxylic acids is 4. The van der Waals surface area contributed by atoms with E-state index in [0.717, 1.165) is 239 Å². The van der Waals surface area contributed by atoms with Crippen molar-refractivity contribution in [2.75, 3.05) is 34.9 Å². The summed E-state index contributed by atoms with van der Waals surface area (Å²) in [5.41, 5.74) is 23.3. The molecule has 33 nitrogen and oxygen atoms in total. The van der Waals surface area contributed by atoms with Crippen molar-refractivity contribution in [2.45, 2.75) is 194 Å². The molecule has 8 N–H and O–H groups in total. The molecule has 120 heavy (non-hydrogen) atoms. The molecule has 0 saturated heterocycles. The van der Waals surface area contributed by atoms with Crippen LogP contribution in [-0.4, -0.2) is 135 Å². The van der Waals surface area contributed by atoms with E-state index in [2.05, 4.69) is 99.8 Å². The van der Waals surface area contributed by atoms with Gasteiger partial charge < -0.3 is 30.7 Å². The Morgan fingerprint density at radius 2 is 0.783 bits per heavy atom. The molecule has 0 spiro atoms. The van der Waals surface area contributed by atoms with E-state index in [1.54, 1.807) is 61.6 Å². The van der Waals surface area contributed by atoms with Crippen LogP contribution in [0.25, 0.3) is 10.9 Å². The molecule has 0 saturated carbocycles. The standard InChI is InChI=1S/C21H24N6O3S.C21H21N5O3S.C21H29N5O3S.C19H19N5O3S2/c1-26-11-9-22-18(26)13-27-10-8-19(24-27)31(29,30)25-21(28)23-20-16-6-2-4-14(16)12-15-5-3-7-17(15)20;27-21(23-20-16-7-3-5-14(16)13-15-6-4-8-17(15)20)25-30(28,29)19-10-12-26(24-19)18-9-1-2-11-22-18;1-4-25(2)13-16-12-19(23-26(16)3)30(28,29)24-21(27)22-20-17-9-5-7-14(17)11-15-8-6-10-18(15)20;25-18(21-17-14-5-1-3-12(14)11-13-4-2-6-15(13)17)23-29(26,27)16-7-9-24(22-16)19-20-8-10-28-19/h8-12H,2-7,13H2,1H3,(H2,23,25,28);1-2,9-13H,3-8H2,(H2,23,25,27);11-12H,4-10,13H2,1-3H3,(H2,22,24,27);7-11H,1-6H2,(H2,21,23,25). The lowest BCUT2D eigenvalue weighted by Crippen LogP contribution is -2.35. The highest BCUT2D eigenvalue weighted by molar-refractivity contribution is 7.90. The molecule has 38 heteroatoms. The van der Waals surface area contributed by atoms with Crippen LogP contribution >= 0.6 is 11.3 Å². The first-order valence-electron chi connectivity index (χ1n) is 40.4. The summed E-state index contributed by atoms with van der Waals surface area (Å²) >= 11 is 1.33. The maximum Gasteiger partial charge on any atom is 0.333 e. The molecular weight excluding hydrogens is 1630 g/mol. The van der Waals surface area contributed by atoms with Crippen molar-refractivity contribution < 1.29 is 52.8 Å². The number of imidazole rings is 1. The SMILES string of the molecule is CCN(C)Cc1cc(S(=O)(=O)NC(=O)Nc2c3c(cc4c2CCC4)CCC3)nn1C.Cn1ccnc1Cn1ccc(S(=O)(=O)NC(=O)Nc2c3c(cc4c2CCC4)CCC3)n1.O=C(Nc1c2c(cc3c1CCC3)CCC2)NS(=O)(=O)c1ccn(-c2ccccn2)n1.O=C(Nc1c2c(cc3c1CCC3)CCC2)NS(=O)(=O)c1ccn(-c2nccs2)n1. The van der Waals surface area contributed by atoms with Crippen molar-refractivity contribution >= 4 is 98.3 Å².